The molecular formula is C16H13ClN4O2. The maximum Gasteiger partial charge on any atom is 0.229 e. The number of carbonyl (C=O) groups excluding carboxylic acids is 1. The van der Waals surface area contributed by atoms with E-state index in [1.54, 1.807) is 36.8 Å². The van der Waals surface area contributed by atoms with E-state index in [0.29, 0.717) is 23.1 Å². The van der Waals surface area contributed by atoms with Crippen LogP contribution in [0.4, 0.5) is 5.95 Å². The zero-order chi connectivity index (χ0) is 16.1. The summed E-state index contributed by atoms with van der Waals surface area (Å²) in [5.41, 5.74) is 0.885. The fourth-order valence-electron chi connectivity index (χ4n) is 1.94. The van der Waals surface area contributed by atoms with Gasteiger partial charge in [0.2, 0.25) is 11.9 Å². The minimum Gasteiger partial charge on any atom is -0.441 e. The predicted molar refractivity (Wildman–Crippen MR) is 85.9 cm³/mol. The van der Waals surface area contributed by atoms with Gasteiger partial charge in [0, 0.05) is 35.8 Å². The summed E-state index contributed by atoms with van der Waals surface area (Å²) in [5.74, 6) is 1.23. The van der Waals surface area contributed by atoms with Crippen molar-refractivity contribution in [2.24, 2.45) is 0 Å². The van der Waals surface area contributed by atoms with E-state index in [-0.39, 0.29) is 18.3 Å². The van der Waals surface area contributed by atoms with Crippen molar-refractivity contribution in [3.8, 4) is 11.3 Å². The Kier molecular flexibility index (Phi) is 4.63. The lowest BCUT2D eigenvalue weighted by molar-refractivity contribution is -0.116. The van der Waals surface area contributed by atoms with Gasteiger partial charge in [0.25, 0.3) is 0 Å². The summed E-state index contributed by atoms with van der Waals surface area (Å²) in [7, 11) is 0. The highest BCUT2D eigenvalue weighted by atomic mass is 35.5. The van der Waals surface area contributed by atoms with Crippen LogP contribution in [-0.4, -0.2) is 20.9 Å². The molecule has 0 saturated carbocycles. The van der Waals surface area contributed by atoms with Crippen LogP contribution in [0.3, 0.4) is 0 Å². The SMILES string of the molecule is O=C(CCc1ncc(-c2ccc(Cl)cc2)o1)Nc1ncccn1. The van der Waals surface area contributed by atoms with E-state index in [4.69, 9.17) is 16.0 Å². The normalized spacial score (nSPS) is 10.5. The molecule has 0 aliphatic rings. The third-order valence-electron chi connectivity index (χ3n) is 3.07. The quantitative estimate of drug-likeness (QED) is 0.776. The molecule has 1 N–H and O–H groups in total. The van der Waals surface area contributed by atoms with Gasteiger partial charge >= 0.3 is 0 Å². The molecular weight excluding hydrogens is 316 g/mol. The second-order valence-electron chi connectivity index (χ2n) is 4.75. The molecule has 2 heterocycles. The van der Waals surface area contributed by atoms with Gasteiger partial charge in [0.05, 0.1) is 6.20 Å². The highest BCUT2D eigenvalue weighted by Crippen LogP contribution is 2.22. The second-order valence-corrected chi connectivity index (χ2v) is 5.18. The number of nitrogens with zero attached hydrogens (tertiary/aromatic N) is 3. The smallest absolute Gasteiger partial charge is 0.229 e. The third-order valence-corrected chi connectivity index (χ3v) is 3.32. The zero-order valence-electron chi connectivity index (χ0n) is 12.1. The van der Waals surface area contributed by atoms with Crippen molar-refractivity contribution in [3.63, 3.8) is 0 Å². The van der Waals surface area contributed by atoms with Crippen molar-refractivity contribution in [2.45, 2.75) is 12.8 Å². The predicted octanol–water partition coefficient (Wildman–Crippen LogP) is 3.36. The van der Waals surface area contributed by atoms with Crippen molar-refractivity contribution >= 4 is 23.5 Å². The van der Waals surface area contributed by atoms with Gasteiger partial charge in [-0.05, 0) is 30.3 Å². The number of aromatic nitrogens is 3. The Hall–Kier alpha value is -2.73. The van der Waals surface area contributed by atoms with Crippen LogP contribution < -0.4 is 5.32 Å². The van der Waals surface area contributed by atoms with Crippen molar-refractivity contribution in [2.75, 3.05) is 5.32 Å². The fourth-order valence-corrected chi connectivity index (χ4v) is 2.07. The number of amides is 1. The van der Waals surface area contributed by atoms with Crippen molar-refractivity contribution < 1.29 is 9.21 Å². The first-order valence-corrected chi connectivity index (χ1v) is 7.36. The first-order valence-electron chi connectivity index (χ1n) is 6.98. The van der Waals surface area contributed by atoms with Crippen LogP contribution in [0.15, 0.2) is 53.3 Å². The van der Waals surface area contributed by atoms with E-state index in [2.05, 4.69) is 20.3 Å². The molecule has 6 nitrogen and oxygen atoms in total. The number of aryl methyl sites for hydroxylation is 1. The summed E-state index contributed by atoms with van der Waals surface area (Å²) in [6.07, 6.45) is 5.39. The lowest BCUT2D eigenvalue weighted by Gasteiger charge is -2.01. The Balaban J connectivity index is 1.57. The molecule has 0 fully saturated rings. The molecule has 3 aromatic rings. The average molecular weight is 329 g/mol. The molecule has 1 aromatic carbocycles. The molecule has 2 aromatic heterocycles. The molecule has 0 bridgehead atoms. The molecule has 0 radical (unpaired) electrons. The number of hydrogen-bond acceptors (Lipinski definition) is 5. The Morgan fingerprint density at radius 1 is 1.13 bits per heavy atom. The van der Waals surface area contributed by atoms with E-state index in [1.807, 2.05) is 12.1 Å². The molecule has 116 valence electrons. The second kappa shape index (κ2) is 7.02. The van der Waals surface area contributed by atoms with Crippen molar-refractivity contribution in [1.82, 2.24) is 15.0 Å². The number of halogens is 1. The van der Waals surface area contributed by atoms with Crippen molar-refractivity contribution in [1.29, 1.82) is 0 Å². The summed E-state index contributed by atoms with van der Waals surface area (Å²) in [4.78, 5) is 23.9. The summed E-state index contributed by atoms with van der Waals surface area (Å²) >= 11 is 5.85. The van der Waals surface area contributed by atoms with E-state index in [1.165, 1.54) is 0 Å². The number of anilines is 1. The lowest BCUT2D eigenvalue weighted by Crippen LogP contribution is -2.14. The largest absolute Gasteiger partial charge is 0.441 e. The molecule has 23 heavy (non-hydrogen) atoms. The third kappa shape index (κ3) is 4.14. The average Bonchev–Trinajstić information content (AvgIpc) is 3.04. The minimum absolute atomic E-state index is 0.192. The molecule has 0 aliphatic carbocycles. The number of oxazole rings is 1. The van der Waals surface area contributed by atoms with Gasteiger partial charge in [-0.2, -0.15) is 0 Å². The van der Waals surface area contributed by atoms with E-state index < -0.39 is 0 Å². The van der Waals surface area contributed by atoms with Crippen LogP contribution in [0, 0.1) is 0 Å². The number of rotatable bonds is 5. The van der Waals surface area contributed by atoms with Crippen LogP contribution >= 0.6 is 11.6 Å². The van der Waals surface area contributed by atoms with Crippen molar-refractivity contribution in [3.05, 3.63) is 59.8 Å². The summed E-state index contributed by atoms with van der Waals surface area (Å²) < 4.78 is 5.64. The molecule has 0 saturated heterocycles. The van der Waals surface area contributed by atoms with Gasteiger partial charge in [-0.1, -0.05) is 11.6 Å². The van der Waals surface area contributed by atoms with Gasteiger partial charge in [0.15, 0.2) is 11.7 Å². The fraction of sp³-hybridized carbons (Fsp3) is 0.125. The van der Waals surface area contributed by atoms with E-state index in [0.717, 1.165) is 5.56 Å². The van der Waals surface area contributed by atoms with Gasteiger partial charge in [-0.3, -0.25) is 10.1 Å². The molecule has 0 spiro atoms. The topological polar surface area (TPSA) is 80.9 Å². The molecule has 0 aliphatic heterocycles. The monoisotopic (exact) mass is 328 g/mol. The van der Waals surface area contributed by atoms with Crippen LogP contribution in [0.25, 0.3) is 11.3 Å². The molecule has 0 atom stereocenters. The molecule has 7 heteroatoms. The summed E-state index contributed by atoms with van der Waals surface area (Å²) in [6.45, 7) is 0. The Labute approximate surface area is 137 Å². The maximum absolute atomic E-state index is 11.8. The Bertz CT molecular complexity index is 787. The van der Waals surface area contributed by atoms with E-state index in [9.17, 15) is 4.79 Å². The maximum atomic E-state index is 11.8. The Morgan fingerprint density at radius 3 is 2.61 bits per heavy atom. The molecule has 3 rings (SSSR count). The van der Waals surface area contributed by atoms with Crippen LogP contribution in [0.5, 0.6) is 0 Å². The van der Waals surface area contributed by atoms with E-state index >= 15 is 0 Å². The van der Waals surface area contributed by atoms with Gasteiger partial charge in [0.1, 0.15) is 0 Å². The van der Waals surface area contributed by atoms with Gasteiger partial charge in [-0.25, -0.2) is 15.0 Å². The number of hydrogen-bond donors (Lipinski definition) is 1. The molecule has 0 unspecified atom stereocenters. The highest BCUT2D eigenvalue weighted by molar-refractivity contribution is 6.30. The standard InChI is InChI=1S/C16H13ClN4O2/c17-12-4-2-11(3-5-12)13-10-20-15(23-13)7-6-14(22)21-16-18-8-1-9-19-16/h1-5,8-10H,6-7H2,(H,18,19,21,22). The van der Waals surface area contributed by atoms with Gasteiger partial charge < -0.3 is 4.42 Å². The number of benzene rings is 1. The summed E-state index contributed by atoms with van der Waals surface area (Å²) in [6, 6.07) is 8.96. The van der Waals surface area contributed by atoms with Gasteiger partial charge in [-0.15, -0.1) is 0 Å². The minimum atomic E-state index is -0.192. The van der Waals surface area contributed by atoms with Crippen LogP contribution in [0.2, 0.25) is 5.02 Å². The lowest BCUT2D eigenvalue weighted by atomic mass is 10.2. The van der Waals surface area contributed by atoms with Crippen LogP contribution in [0.1, 0.15) is 12.3 Å². The summed E-state index contributed by atoms with van der Waals surface area (Å²) in [5, 5.41) is 3.27. The first kappa shape index (κ1) is 15.2. The Morgan fingerprint density at radius 2 is 1.87 bits per heavy atom. The number of nitrogens with one attached hydrogen (secondary N) is 1. The molecule has 1 amide bonds. The zero-order valence-corrected chi connectivity index (χ0v) is 12.8. The first-order chi connectivity index (χ1) is 11.2. The number of carbonyl (C=O) groups is 1. The highest BCUT2D eigenvalue weighted by Gasteiger charge is 2.10. The van der Waals surface area contributed by atoms with Crippen LogP contribution in [-0.2, 0) is 11.2 Å².